The summed E-state index contributed by atoms with van der Waals surface area (Å²) in [5.74, 6) is -0.857. The molecule has 1 rings (SSSR count). The summed E-state index contributed by atoms with van der Waals surface area (Å²) in [6, 6.07) is 1.03. The predicted octanol–water partition coefficient (Wildman–Crippen LogP) is 2.78. The maximum Gasteiger partial charge on any atom is 0.387 e. The van der Waals surface area contributed by atoms with Crippen molar-refractivity contribution in [1.29, 1.82) is 0 Å². The highest BCUT2D eigenvalue weighted by atomic mass is 35.7. The Balaban J connectivity index is 3.49. The van der Waals surface area contributed by atoms with Crippen LogP contribution in [0, 0.1) is 10.1 Å². The molecule has 0 heterocycles. The highest BCUT2D eigenvalue weighted by molar-refractivity contribution is 8.13. The Morgan fingerprint density at radius 2 is 1.94 bits per heavy atom. The number of nitro benzene ring substituents is 1. The van der Waals surface area contributed by atoms with Crippen LogP contribution >= 0.6 is 22.3 Å². The Kier molecular flexibility index (Phi) is 4.30. The quantitative estimate of drug-likeness (QED) is 0.483. The number of alkyl halides is 2. The molecule has 0 saturated carbocycles. The molecule has 0 bridgehead atoms. The zero-order valence-electron chi connectivity index (χ0n) is 8.14. The molecule has 6 nitrogen and oxygen atoms in total. The van der Waals surface area contributed by atoms with Gasteiger partial charge in [-0.25, -0.2) is 8.42 Å². The molecule has 0 saturated heterocycles. The molecule has 11 heteroatoms. The maximum atomic E-state index is 12.0. The van der Waals surface area contributed by atoms with Gasteiger partial charge in [-0.1, -0.05) is 11.6 Å². The van der Waals surface area contributed by atoms with Gasteiger partial charge in [0.15, 0.2) is 0 Å². The Morgan fingerprint density at radius 1 is 1.39 bits per heavy atom. The summed E-state index contributed by atoms with van der Waals surface area (Å²) in [5, 5.41) is 10.0. The molecule has 0 unspecified atom stereocenters. The smallest absolute Gasteiger partial charge is 0.387 e. The first-order valence-electron chi connectivity index (χ1n) is 4.00. The van der Waals surface area contributed by atoms with Crippen LogP contribution in [0.15, 0.2) is 17.0 Å². The van der Waals surface area contributed by atoms with Crippen molar-refractivity contribution in [2.75, 3.05) is 0 Å². The fourth-order valence-corrected chi connectivity index (χ4v) is 2.55. The Morgan fingerprint density at radius 3 is 2.33 bits per heavy atom. The number of benzene rings is 1. The molecule has 0 radical (unpaired) electrons. The lowest BCUT2D eigenvalue weighted by atomic mass is 10.3. The number of nitro groups is 1. The summed E-state index contributed by atoms with van der Waals surface area (Å²) in [5.41, 5.74) is -0.987. The van der Waals surface area contributed by atoms with E-state index >= 15 is 0 Å². The Bertz CT molecular complexity index is 592. The minimum absolute atomic E-state index is 0.447. The highest BCUT2D eigenvalue weighted by Gasteiger charge is 2.26. The molecule has 0 aromatic heterocycles. The molecule has 1 aromatic rings. The van der Waals surface area contributed by atoms with E-state index in [1.165, 1.54) is 0 Å². The van der Waals surface area contributed by atoms with Crippen molar-refractivity contribution in [3.63, 3.8) is 0 Å². The molecule has 18 heavy (non-hydrogen) atoms. The largest absolute Gasteiger partial charge is 0.427 e. The van der Waals surface area contributed by atoms with E-state index in [9.17, 15) is 27.3 Å². The number of rotatable bonds is 4. The molecule has 0 fully saturated rings. The molecule has 0 amide bonds. The van der Waals surface area contributed by atoms with E-state index in [1.54, 1.807) is 0 Å². The van der Waals surface area contributed by atoms with E-state index in [0.29, 0.717) is 12.1 Å². The minimum atomic E-state index is -4.34. The molecule has 100 valence electrons. The van der Waals surface area contributed by atoms with Gasteiger partial charge >= 0.3 is 12.3 Å². The highest BCUT2D eigenvalue weighted by Crippen LogP contribution is 2.37. The number of nitrogens with zero attached hydrogens (tertiary/aromatic N) is 1. The van der Waals surface area contributed by atoms with Gasteiger partial charge in [-0.3, -0.25) is 10.1 Å². The van der Waals surface area contributed by atoms with Gasteiger partial charge in [0.25, 0.3) is 9.05 Å². The lowest BCUT2D eigenvalue weighted by molar-refractivity contribution is -0.386. The zero-order chi connectivity index (χ0) is 14.1. The van der Waals surface area contributed by atoms with Crippen LogP contribution in [-0.4, -0.2) is 20.0 Å². The van der Waals surface area contributed by atoms with E-state index < -0.39 is 41.9 Å². The average Bonchev–Trinajstić information content (AvgIpc) is 2.13. The van der Waals surface area contributed by atoms with Crippen LogP contribution in [0.1, 0.15) is 0 Å². The van der Waals surface area contributed by atoms with Crippen LogP contribution in [0.4, 0.5) is 14.5 Å². The normalized spacial score (nSPS) is 11.6. The zero-order valence-corrected chi connectivity index (χ0v) is 10.5. The van der Waals surface area contributed by atoms with Gasteiger partial charge in [-0.2, -0.15) is 8.78 Å². The second kappa shape index (κ2) is 5.21. The summed E-state index contributed by atoms with van der Waals surface area (Å²) in [6.07, 6.45) is 0. The van der Waals surface area contributed by atoms with Crippen molar-refractivity contribution in [1.82, 2.24) is 0 Å². The first-order chi connectivity index (χ1) is 8.12. The third-order valence-electron chi connectivity index (χ3n) is 1.69. The van der Waals surface area contributed by atoms with E-state index in [1.807, 2.05) is 0 Å². The maximum absolute atomic E-state index is 12.0. The van der Waals surface area contributed by atoms with Crippen molar-refractivity contribution in [3.05, 3.63) is 27.3 Å². The van der Waals surface area contributed by atoms with Crippen LogP contribution in [0.2, 0.25) is 5.02 Å². The summed E-state index contributed by atoms with van der Waals surface area (Å²) in [4.78, 5) is 8.73. The van der Waals surface area contributed by atoms with E-state index in [2.05, 4.69) is 4.74 Å². The topological polar surface area (TPSA) is 86.5 Å². The van der Waals surface area contributed by atoms with Gasteiger partial charge < -0.3 is 4.74 Å². The summed E-state index contributed by atoms with van der Waals surface area (Å²) >= 11 is 5.46. The lowest BCUT2D eigenvalue weighted by Gasteiger charge is -2.07. The molecule has 0 aliphatic rings. The first-order valence-corrected chi connectivity index (χ1v) is 6.69. The average molecular weight is 322 g/mol. The Labute approximate surface area is 109 Å². The van der Waals surface area contributed by atoms with Gasteiger partial charge in [0, 0.05) is 22.8 Å². The van der Waals surface area contributed by atoms with E-state index in [-0.39, 0.29) is 0 Å². The van der Waals surface area contributed by atoms with Crippen LogP contribution in [-0.2, 0) is 9.05 Å². The third-order valence-corrected chi connectivity index (χ3v) is 3.48. The minimum Gasteiger partial charge on any atom is -0.427 e. The second-order valence-electron chi connectivity index (χ2n) is 2.82. The summed E-state index contributed by atoms with van der Waals surface area (Å²) < 4.78 is 49.9. The van der Waals surface area contributed by atoms with Gasteiger partial charge in [0.1, 0.15) is 4.90 Å². The molecule has 1 aromatic carbocycles. The number of hydrogen-bond donors (Lipinski definition) is 0. The van der Waals surface area contributed by atoms with Crippen LogP contribution < -0.4 is 4.74 Å². The van der Waals surface area contributed by atoms with E-state index in [0.717, 1.165) is 0 Å². The third kappa shape index (κ3) is 3.40. The molecular weight excluding hydrogens is 319 g/mol. The SMILES string of the molecule is O=[N+]([O-])c1cc(S(=O)(=O)Cl)c(Cl)cc1OC(F)F. The van der Waals surface area contributed by atoms with Crippen molar-refractivity contribution < 1.29 is 26.9 Å². The van der Waals surface area contributed by atoms with Crippen molar-refractivity contribution in [2.45, 2.75) is 11.5 Å². The lowest BCUT2D eigenvalue weighted by Crippen LogP contribution is -2.05. The summed E-state index contributed by atoms with van der Waals surface area (Å²) in [6.45, 7) is -3.32. The standard InChI is InChI=1S/C7H3Cl2F2NO5S/c8-3-1-5(17-7(10)11)4(12(13)14)2-6(3)18(9,15)16/h1-2,7H. The fraction of sp³-hybridized carbons (Fsp3) is 0.143. The van der Waals surface area contributed by atoms with Crippen molar-refractivity contribution in [3.8, 4) is 5.75 Å². The first kappa shape index (κ1) is 14.9. The van der Waals surface area contributed by atoms with Gasteiger partial charge in [0.05, 0.1) is 9.95 Å². The van der Waals surface area contributed by atoms with Crippen molar-refractivity contribution in [2.24, 2.45) is 0 Å². The Hall–Kier alpha value is -1.19. The fourth-order valence-electron chi connectivity index (χ4n) is 1.04. The van der Waals surface area contributed by atoms with Crippen LogP contribution in [0.3, 0.4) is 0 Å². The molecule has 0 spiro atoms. The van der Waals surface area contributed by atoms with Gasteiger partial charge in [-0.15, -0.1) is 0 Å². The van der Waals surface area contributed by atoms with Crippen LogP contribution in [0.25, 0.3) is 0 Å². The van der Waals surface area contributed by atoms with E-state index in [4.69, 9.17) is 22.3 Å². The molecule has 0 aliphatic heterocycles. The second-order valence-corrected chi connectivity index (χ2v) is 5.77. The van der Waals surface area contributed by atoms with Crippen LogP contribution in [0.5, 0.6) is 5.75 Å². The predicted molar refractivity (Wildman–Crippen MR) is 57.8 cm³/mol. The molecule has 0 aliphatic carbocycles. The van der Waals surface area contributed by atoms with Gasteiger partial charge in [0.2, 0.25) is 5.75 Å². The summed E-state index contributed by atoms with van der Waals surface area (Å²) in [7, 11) is 0.633. The molecule has 0 N–H and O–H groups in total. The monoisotopic (exact) mass is 321 g/mol. The number of ether oxygens (including phenoxy) is 1. The van der Waals surface area contributed by atoms with Crippen molar-refractivity contribution >= 4 is 37.0 Å². The number of halogens is 4. The molecule has 0 atom stereocenters. The molecular formula is C7H3Cl2F2NO5S. The number of hydrogen-bond acceptors (Lipinski definition) is 5. The van der Waals surface area contributed by atoms with Gasteiger partial charge in [-0.05, 0) is 0 Å².